The van der Waals surface area contributed by atoms with Crippen molar-refractivity contribution in [1.82, 2.24) is 9.78 Å². The second-order valence-corrected chi connectivity index (χ2v) is 10.0. The summed E-state index contributed by atoms with van der Waals surface area (Å²) in [7, 11) is -1.60. The Morgan fingerprint density at radius 2 is 1.73 bits per heavy atom. The largest absolute Gasteiger partial charge is 0.346 e. The molecule has 2 N–H and O–H groups in total. The molecule has 1 heterocycles. The van der Waals surface area contributed by atoms with Gasteiger partial charge in [-0.25, -0.2) is 0 Å². The van der Waals surface area contributed by atoms with Crippen LogP contribution >= 0.6 is 11.8 Å². The highest BCUT2D eigenvalue weighted by Gasteiger charge is 2.31. The third kappa shape index (κ3) is 4.28. The molecule has 0 aliphatic rings. The summed E-state index contributed by atoms with van der Waals surface area (Å²) in [6.45, 7) is 3.68. The molecule has 1 atom stereocenters. The lowest BCUT2D eigenvalue weighted by Gasteiger charge is -2.08. The van der Waals surface area contributed by atoms with Crippen molar-refractivity contribution in [2.24, 2.45) is 7.05 Å². The molecule has 4 aromatic rings. The molecule has 0 amide bonds. The van der Waals surface area contributed by atoms with E-state index >= 15 is 0 Å². The van der Waals surface area contributed by atoms with Crippen LogP contribution in [0.15, 0.2) is 76.5 Å². The first-order valence-electron chi connectivity index (χ1n) is 9.59. The van der Waals surface area contributed by atoms with Crippen LogP contribution < -0.4 is 4.72 Å². The fourth-order valence-corrected chi connectivity index (χ4v) is 5.41. The first kappa shape index (κ1) is 20.7. The van der Waals surface area contributed by atoms with Crippen LogP contribution in [0.4, 0.5) is 5.69 Å². The molecule has 0 fully saturated rings. The molecule has 0 saturated carbocycles. The summed E-state index contributed by atoms with van der Waals surface area (Å²) < 4.78 is 27.9. The second-order valence-electron chi connectivity index (χ2n) is 7.24. The third-order valence-electron chi connectivity index (χ3n) is 5.12. The fraction of sp³-hybridized carbons (Fsp3) is 0.174. The van der Waals surface area contributed by atoms with E-state index in [0.29, 0.717) is 16.3 Å². The molecule has 1 aromatic heterocycles. The van der Waals surface area contributed by atoms with Crippen LogP contribution in [0.1, 0.15) is 17.0 Å². The minimum Gasteiger partial charge on any atom is -0.270 e. The maximum absolute atomic E-state index is 12.9. The van der Waals surface area contributed by atoms with E-state index < -0.39 is 10.4 Å². The molecule has 3 aromatic carbocycles. The Labute approximate surface area is 181 Å². The Morgan fingerprint density at radius 1 is 1.03 bits per heavy atom. The lowest BCUT2D eigenvalue weighted by Crippen LogP contribution is -2.21. The average molecular weight is 439 g/mol. The summed E-state index contributed by atoms with van der Waals surface area (Å²) >= 11 is 1.75. The van der Waals surface area contributed by atoms with Gasteiger partial charge in [-0.3, -0.25) is 4.68 Å². The molecule has 0 spiro atoms. The number of hydrogen-bond donors (Lipinski definition) is 2. The SMILES string of the molecule is Cc1nn(C)c(C)c1N[S+](=O)(O)c1ccc(CSc2ccc3ccccc3c2)cc1. The van der Waals surface area contributed by atoms with Gasteiger partial charge in [-0.05, 0) is 58.7 Å². The predicted octanol–water partition coefficient (Wildman–Crippen LogP) is 5.84. The fourth-order valence-electron chi connectivity index (χ4n) is 3.31. The van der Waals surface area contributed by atoms with Crippen LogP contribution in [0, 0.1) is 13.8 Å². The van der Waals surface area contributed by atoms with E-state index in [1.807, 2.05) is 45.2 Å². The van der Waals surface area contributed by atoms with Crippen molar-refractivity contribution in [3.05, 3.63) is 83.7 Å². The van der Waals surface area contributed by atoms with Gasteiger partial charge in [0.05, 0.1) is 11.4 Å². The van der Waals surface area contributed by atoms with Crippen molar-refractivity contribution in [3.8, 4) is 0 Å². The molecular weight excluding hydrogens is 414 g/mol. The number of thioether (sulfide) groups is 1. The number of hydrogen-bond acceptors (Lipinski definition) is 3. The van der Waals surface area contributed by atoms with Gasteiger partial charge < -0.3 is 0 Å². The number of nitrogens with zero attached hydrogens (tertiary/aromatic N) is 2. The average Bonchev–Trinajstić information content (AvgIpc) is 2.98. The summed E-state index contributed by atoms with van der Waals surface area (Å²) in [6, 6.07) is 22.0. The number of benzene rings is 3. The van der Waals surface area contributed by atoms with Crippen molar-refractivity contribution >= 4 is 38.6 Å². The maximum Gasteiger partial charge on any atom is 0.346 e. The Kier molecular flexibility index (Phi) is 5.69. The van der Waals surface area contributed by atoms with E-state index in [0.717, 1.165) is 17.0 Å². The van der Waals surface area contributed by atoms with Crippen molar-refractivity contribution in [3.63, 3.8) is 0 Å². The van der Waals surface area contributed by atoms with E-state index in [2.05, 4.69) is 40.2 Å². The molecule has 0 bridgehead atoms. The molecule has 5 nitrogen and oxygen atoms in total. The number of aromatic nitrogens is 2. The quantitative estimate of drug-likeness (QED) is 0.293. The van der Waals surface area contributed by atoms with Gasteiger partial charge in [0, 0.05) is 17.7 Å². The summed E-state index contributed by atoms with van der Waals surface area (Å²) in [4.78, 5) is 1.55. The number of rotatable bonds is 6. The zero-order chi connectivity index (χ0) is 21.3. The normalized spacial score (nSPS) is 13.3. The van der Waals surface area contributed by atoms with Crippen LogP contribution in [0.3, 0.4) is 0 Å². The molecule has 4 rings (SSSR count). The Balaban J connectivity index is 1.45. The van der Waals surface area contributed by atoms with Crippen molar-refractivity contribution in [1.29, 1.82) is 0 Å². The van der Waals surface area contributed by atoms with Crippen LogP contribution in [-0.2, 0) is 27.4 Å². The summed E-state index contributed by atoms with van der Waals surface area (Å²) in [5.74, 6) is 0.791. The predicted molar refractivity (Wildman–Crippen MR) is 125 cm³/mol. The molecule has 0 aliphatic carbocycles. The molecule has 154 valence electrons. The Morgan fingerprint density at radius 3 is 2.40 bits per heavy atom. The van der Waals surface area contributed by atoms with Gasteiger partial charge in [-0.1, -0.05) is 42.5 Å². The molecular formula is C23H24N3O2S2+. The molecule has 1 unspecified atom stereocenters. The summed E-state index contributed by atoms with van der Waals surface area (Å²) in [6.07, 6.45) is 0. The van der Waals surface area contributed by atoms with Gasteiger partial charge in [0.2, 0.25) is 4.90 Å². The van der Waals surface area contributed by atoms with Gasteiger partial charge in [0.1, 0.15) is 5.69 Å². The van der Waals surface area contributed by atoms with Crippen LogP contribution in [0.2, 0.25) is 0 Å². The monoisotopic (exact) mass is 438 g/mol. The zero-order valence-electron chi connectivity index (χ0n) is 17.1. The van der Waals surface area contributed by atoms with Crippen molar-refractivity contribution in [2.75, 3.05) is 4.72 Å². The Hall–Kier alpha value is -2.61. The van der Waals surface area contributed by atoms with E-state index in [4.69, 9.17) is 0 Å². The number of anilines is 1. The Bertz CT molecular complexity index is 1250. The first-order chi connectivity index (χ1) is 14.3. The van der Waals surface area contributed by atoms with Crippen LogP contribution in [0.25, 0.3) is 10.8 Å². The highest BCUT2D eigenvalue weighted by Crippen LogP contribution is 2.29. The second kappa shape index (κ2) is 8.26. The summed E-state index contributed by atoms with van der Waals surface area (Å²) in [5.41, 5.74) is 3.21. The van der Waals surface area contributed by atoms with Crippen LogP contribution in [0.5, 0.6) is 0 Å². The van der Waals surface area contributed by atoms with Gasteiger partial charge in [-0.15, -0.1) is 11.8 Å². The minimum absolute atomic E-state index is 0.351. The van der Waals surface area contributed by atoms with Crippen LogP contribution in [-0.4, -0.2) is 14.3 Å². The first-order valence-corrected chi connectivity index (χ1v) is 12.1. The summed E-state index contributed by atoms with van der Waals surface area (Å²) in [5, 5.41) is 6.75. The molecule has 30 heavy (non-hydrogen) atoms. The topological polar surface area (TPSA) is 67.2 Å². The van der Waals surface area contributed by atoms with Gasteiger partial charge in [0.25, 0.3) is 0 Å². The minimum atomic E-state index is -3.41. The highest BCUT2D eigenvalue weighted by molar-refractivity contribution is 7.99. The maximum atomic E-state index is 12.9. The van der Waals surface area contributed by atoms with Gasteiger partial charge >= 0.3 is 10.4 Å². The smallest absolute Gasteiger partial charge is 0.270 e. The van der Waals surface area contributed by atoms with E-state index in [1.54, 1.807) is 28.6 Å². The number of aryl methyl sites for hydroxylation is 2. The highest BCUT2D eigenvalue weighted by atomic mass is 32.3. The van der Waals surface area contributed by atoms with Crippen molar-refractivity contribution < 1.29 is 8.76 Å². The molecule has 0 radical (unpaired) electrons. The zero-order valence-corrected chi connectivity index (χ0v) is 18.8. The van der Waals surface area contributed by atoms with Crippen molar-refractivity contribution in [2.45, 2.75) is 29.4 Å². The molecule has 0 saturated heterocycles. The van der Waals surface area contributed by atoms with E-state index in [9.17, 15) is 8.76 Å². The lowest BCUT2D eigenvalue weighted by atomic mass is 10.1. The number of nitrogens with one attached hydrogen (secondary N) is 1. The van der Waals surface area contributed by atoms with E-state index in [-0.39, 0.29) is 0 Å². The molecule has 0 aliphatic heterocycles. The van der Waals surface area contributed by atoms with E-state index in [1.165, 1.54) is 15.7 Å². The number of fused-ring (bicyclic) bond motifs is 1. The van der Waals surface area contributed by atoms with Gasteiger partial charge in [0.15, 0.2) is 0 Å². The lowest BCUT2D eigenvalue weighted by molar-refractivity contribution is 0.502. The standard InChI is InChI=1S/C23H23N3O2S2/c1-16-23(17(2)26(3)24-16)25-30(27,28)22-12-8-18(9-13-22)15-29-21-11-10-19-6-4-5-7-20(19)14-21/h4-14H,15H2,1-3H3,(H-,25,27,28)/p+1. The van der Waals surface area contributed by atoms with Gasteiger partial charge in [-0.2, -0.15) is 14.4 Å². The third-order valence-corrected chi connectivity index (χ3v) is 7.58. The molecule has 7 heteroatoms.